The van der Waals surface area contributed by atoms with Gasteiger partial charge >= 0.3 is 0 Å². The summed E-state index contributed by atoms with van der Waals surface area (Å²) in [6, 6.07) is 0. The molecule has 4 fully saturated rings. The van der Waals surface area contributed by atoms with Crippen LogP contribution in [0.25, 0.3) is 0 Å². The molecule has 4 aliphatic rings. The van der Waals surface area contributed by atoms with Crippen molar-refractivity contribution in [3.63, 3.8) is 0 Å². The smallest absolute Gasteiger partial charge is 0.272 e. The molecule has 3 aliphatic carbocycles. The predicted octanol–water partition coefficient (Wildman–Crippen LogP) is 3.03. The molecular formula is C19H29NO5S. The highest BCUT2D eigenvalue weighted by atomic mass is 32.2. The average molecular weight is 384 g/mol. The van der Waals surface area contributed by atoms with Crippen LogP contribution in [0, 0.1) is 29.6 Å². The van der Waals surface area contributed by atoms with E-state index in [1.165, 1.54) is 0 Å². The Morgan fingerprint density at radius 1 is 0.846 bits per heavy atom. The summed E-state index contributed by atoms with van der Waals surface area (Å²) in [5, 5.41) is 0.0369. The van der Waals surface area contributed by atoms with Crippen LogP contribution < -0.4 is 0 Å². The minimum absolute atomic E-state index is 0.0931. The molecule has 0 radical (unpaired) electrons. The second kappa shape index (κ2) is 6.89. The van der Waals surface area contributed by atoms with Gasteiger partial charge in [0.1, 0.15) is 0 Å². The third-order valence-electron chi connectivity index (χ3n) is 7.24. The van der Waals surface area contributed by atoms with Crippen molar-refractivity contribution in [2.24, 2.45) is 29.6 Å². The fourth-order valence-electron chi connectivity index (χ4n) is 5.79. The van der Waals surface area contributed by atoms with Gasteiger partial charge in [-0.1, -0.05) is 32.6 Å². The van der Waals surface area contributed by atoms with Crippen LogP contribution in [-0.2, 0) is 24.0 Å². The summed E-state index contributed by atoms with van der Waals surface area (Å²) in [5.74, 6) is -0.306. The van der Waals surface area contributed by atoms with E-state index in [0.29, 0.717) is 29.7 Å². The van der Waals surface area contributed by atoms with Gasteiger partial charge in [-0.2, -0.15) is 8.42 Å². The lowest BCUT2D eigenvalue weighted by molar-refractivity contribution is -0.195. The van der Waals surface area contributed by atoms with E-state index in [1.54, 1.807) is 0 Å². The van der Waals surface area contributed by atoms with Gasteiger partial charge in [0.15, 0.2) is 0 Å². The van der Waals surface area contributed by atoms with Crippen molar-refractivity contribution >= 4 is 21.9 Å². The summed E-state index contributed by atoms with van der Waals surface area (Å²) in [5.41, 5.74) is 0. The van der Waals surface area contributed by atoms with Gasteiger partial charge in [-0.05, 0) is 56.3 Å². The number of hydroxylamine groups is 2. The van der Waals surface area contributed by atoms with Gasteiger partial charge < -0.3 is 0 Å². The number of nitrogens with zero attached hydrogens (tertiary/aromatic N) is 1. The maximum atomic E-state index is 12.9. The normalized spacial score (nSPS) is 41.0. The van der Waals surface area contributed by atoms with Gasteiger partial charge in [-0.3, -0.25) is 9.59 Å². The van der Waals surface area contributed by atoms with Crippen molar-refractivity contribution in [3.05, 3.63) is 0 Å². The molecule has 1 heterocycles. The van der Waals surface area contributed by atoms with Gasteiger partial charge in [-0.15, -0.1) is 9.35 Å². The number of hydrogen-bond donors (Lipinski definition) is 0. The lowest BCUT2D eigenvalue weighted by Crippen LogP contribution is -2.58. The first kappa shape index (κ1) is 18.4. The molecule has 3 saturated carbocycles. The number of imide groups is 1. The Morgan fingerprint density at radius 3 is 1.92 bits per heavy atom. The van der Waals surface area contributed by atoms with E-state index in [1.807, 2.05) is 0 Å². The quantitative estimate of drug-likeness (QED) is 0.700. The first-order chi connectivity index (χ1) is 12.4. The summed E-state index contributed by atoms with van der Waals surface area (Å²) < 4.78 is 30.7. The van der Waals surface area contributed by atoms with Crippen molar-refractivity contribution in [3.8, 4) is 0 Å². The molecule has 0 bridgehead atoms. The van der Waals surface area contributed by atoms with Crippen molar-refractivity contribution in [1.29, 1.82) is 0 Å². The van der Waals surface area contributed by atoms with Crippen LogP contribution in [0.15, 0.2) is 0 Å². The van der Waals surface area contributed by atoms with Crippen molar-refractivity contribution in [2.45, 2.75) is 76.4 Å². The number of carbonyl (C=O) groups is 2. The Balaban J connectivity index is 1.54. The van der Waals surface area contributed by atoms with Crippen LogP contribution in [0.3, 0.4) is 0 Å². The van der Waals surface area contributed by atoms with Crippen molar-refractivity contribution in [1.82, 2.24) is 5.06 Å². The highest BCUT2D eigenvalue weighted by Crippen LogP contribution is 2.50. The Bertz CT molecular complexity index is 652. The number of carbonyl (C=O) groups excluding carboxylic acids is 2. The number of rotatable bonds is 3. The van der Waals surface area contributed by atoms with E-state index in [0.717, 1.165) is 51.4 Å². The molecule has 7 heteroatoms. The van der Waals surface area contributed by atoms with E-state index in [9.17, 15) is 18.0 Å². The Kier molecular flexibility index (Phi) is 4.88. The van der Waals surface area contributed by atoms with Crippen LogP contribution in [0.2, 0.25) is 0 Å². The van der Waals surface area contributed by atoms with Gasteiger partial charge in [0.25, 0.3) is 21.9 Å². The Hall–Kier alpha value is -0.950. The molecule has 0 aromatic heterocycles. The van der Waals surface area contributed by atoms with E-state index in [2.05, 4.69) is 6.92 Å². The fourth-order valence-corrected chi connectivity index (χ4v) is 7.12. The maximum absolute atomic E-state index is 12.9. The van der Waals surface area contributed by atoms with Crippen molar-refractivity contribution in [2.75, 3.05) is 0 Å². The fraction of sp³-hybridized carbons (Fsp3) is 0.895. The van der Waals surface area contributed by atoms with Gasteiger partial charge in [0.2, 0.25) is 0 Å². The van der Waals surface area contributed by atoms with Crippen LogP contribution in [0.1, 0.15) is 71.1 Å². The molecule has 0 aromatic rings. The SMILES string of the molecule is CC1CCC(S(=O)(=O)ON2C(=O)C3CCCC4CCCC(C2=O)C43)CC1. The zero-order valence-electron chi connectivity index (χ0n) is 15.4. The summed E-state index contributed by atoms with van der Waals surface area (Å²) in [7, 11) is -3.95. The third kappa shape index (κ3) is 3.11. The first-order valence-electron chi connectivity index (χ1n) is 10.2. The largest absolute Gasteiger partial charge is 0.291 e. The molecular weight excluding hydrogens is 354 g/mol. The van der Waals surface area contributed by atoms with Crippen LogP contribution in [-0.4, -0.2) is 30.5 Å². The van der Waals surface area contributed by atoms with Crippen molar-refractivity contribution < 1.29 is 22.3 Å². The summed E-state index contributed by atoms with van der Waals surface area (Å²) >= 11 is 0. The summed E-state index contributed by atoms with van der Waals surface area (Å²) in [4.78, 5) is 25.9. The molecule has 6 nitrogen and oxygen atoms in total. The van der Waals surface area contributed by atoms with E-state index >= 15 is 0 Å². The standard InChI is InChI=1S/C19H29NO5S/c1-12-8-10-14(11-9-12)26(23,24)25-20-18(21)15-6-2-4-13-5-3-7-16(17(13)15)19(20)22/h12-17H,2-11H2,1H3. The number of hydrogen-bond acceptors (Lipinski definition) is 5. The Morgan fingerprint density at radius 2 is 1.38 bits per heavy atom. The lowest BCUT2D eigenvalue weighted by atomic mass is 9.59. The molecule has 0 N–H and O–H groups in total. The highest BCUT2D eigenvalue weighted by molar-refractivity contribution is 7.87. The minimum atomic E-state index is -3.95. The van der Waals surface area contributed by atoms with E-state index < -0.39 is 27.2 Å². The number of amides is 2. The molecule has 0 aromatic carbocycles. The molecule has 2 amide bonds. The van der Waals surface area contributed by atoms with Crippen LogP contribution in [0.4, 0.5) is 0 Å². The monoisotopic (exact) mass is 383 g/mol. The Labute approximate surface area is 155 Å². The lowest BCUT2D eigenvalue weighted by Gasteiger charge is -2.49. The minimum Gasteiger partial charge on any atom is -0.272 e. The molecule has 26 heavy (non-hydrogen) atoms. The molecule has 1 saturated heterocycles. The average Bonchev–Trinajstić information content (AvgIpc) is 2.63. The van der Waals surface area contributed by atoms with Gasteiger partial charge in [-0.25, -0.2) is 0 Å². The summed E-state index contributed by atoms with van der Waals surface area (Å²) in [6.45, 7) is 2.12. The zero-order chi connectivity index (χ0) is 18.5. The molecule has 2 atom stereocenters. The van der Waals surface area contributed by atoms with Gasteiger partial charge in [0.05, 0.1) is 5.25 Å². The predicted molar refractivity (Wildman–Crippen MR) is 94.9 cm³/mol. The summed E-state index contributed by atoms with van der Waals surface area (Å²) in [6.07, 6.45) is 8.34. The zero-order valence-corrected chi connectivity index (χ0v) is 16.2. The second-order valence-corrected chi connectivity index (χ2v) is 10.6. The molecule has 0 spiro atoms. The first-order valence-corrected chi connectivity index (χ1v) is 11.7. The van der Waals surface area contributed by atoms with Crippen LogP contribution in [0.5, 0.6) is 0 Å². The van der Waals surface area contributed by atoms with E-state index in [-0.39, 0.29) is 17.8 Å². The third-order valence-corrected chi connectivity index (χ3v) is 8.88. The van der Waals surface area contributed by atoms with Crippen LogP contribution >= 0.6 is 0 Å². The van der Waals surface area contributed by atoms with Gasteiger partial charge in [0, 0.05) is 11.8 Å². The highest BCUT2D eigenvalue weighted by Gasteiger charge is 2.55. The topological polar surface area (TPSA) is 80.8 Å². The molecule has 146 valence electrons. The number of piperidine rings is 1. The second-order valence-electron chi connectivity index (χ2n) is 8.83. The molecule has 1 aliphatic heterocycles. The molecule has 2 unspecified atom stereocenters. The van der Waals surface area contributed by atoms with E-state index in [4.69, 9.17) is 4.28 Å². The maximum Gasteiger partial charge on any atom is 0.291 e. The molecule has 4 rings (SSSR count).